The molecule has 0 radical (unpaired) electrons. The molecule has 0 aliphatic rings. The Kier molecular flexibility index (Phi) is 4.55. The maximum atomic E-state index is 13.3. The van der Waals surface area contributed by atoms with Crippen molar-refractivity contribution in [1.82, 2.24) is 14.8 Å². The molecular weight excluding hydrogens is 259 g/mol. The second-order valence-corrected chi connectivity index (χ2v) is 4.96. The van der Waals surface area contributed by atoms with E-state index in [1.807, 2.05) is 4.68 Å². The summed E-state index contributed by atoms with van der Waals surface area (Å²) in [5.41, 5.74) is 0.780. The van der Waals surface area contributed by atoms with E-state index in [-0.39, 0.29) is 11.6 Å². The highest BCUT2D eigenvalue weighted by Gasteiger charge is 2.07. The predicted octanol–water partition coefficient (Wildman–Crippen LogP) is 2.69. The summed E-state index contributed by atoms with van der Waals surface area (Å²) < 4.78 is 20.1. The molecule has 1 aromatic carbocycles. The van der Waals surface area contributed by atoms with Gasteiger partial charge in [-0.25, -0.2) is 14.1 Å². The standard InChI is InChI=1S/C14H19FN4O/c1-10(2)8-19-14(17-9-18-19)7-16-11-4-5-12(15)13(6-11)20-3/h4-6,9-10,16H,7-8H2,1-3H3. The summed E-state index contributed by atoms with van der Waals surface area (Å²) in [4.78, 5) is 4.23. The molecule has 6 heteroatoms. The molecule has 0 fully saturated rings. The van der Waals surface area contributed by atoms with Crippen molar-refractivity contribution in [1.29, 1.82) is 0 Å². The first-order chi connectivity index (χ1) is 9.60. The smallest absolute Gasteiger partial charge is 0.165 e. The molecule has 1 heterocycles. The van der Waals surface area contributed by atoms with E-state index >= 15 is 0 Å². The lowest BCUT2D eigenvalue weighted by Gasteiger charge is -2.11. The highest BCUT2D eigenvalue weighted by Crippen LogP contribution is 2.21. The fraction of sp³-hybridized carbons (Fsp3) is 0.429. The van der Waals surface area contributed by atoms with E-state index in [0.29, 0.717) is 12.5 Å². The zero-order valence-corrected chi connectivity index (χ0v) is 11.9. The molecule has 0 saturated heterocycles. The van der Waals surface area contributed by atoms with E-state index in [9.17, 15) is 4.39 Å². The van der Waals surface area contributed by atoms with Gasteiger partial charge in [0.1, 0.15) is 12.2 Å². The van der Waals surface area contributed by atoms with Crippen molar-refractivity contribution in [2.45, 2.75) is 26.9 Å². The number of hydrogen-bond acceptors (Lipinski definition) is 4. The van der Waals surface area contributed by atoms with Crippen molar-refractivity contribution < 1.29 is 9.13 Å². The van der Waals surface area contributed by atoms with E-state index in [2.05, 4.69) is 29.2 Å². The monoisotopic (exact) mass is 278 g/mol. The van der Waals surface area contributed by atoms with Gasteiger partial charge in [-0.3, -0.25) is 0 Å². The Labute approximate surface area is 117 Å². The number of nitrogens with one attached hydrogen (secondary N) is 1. The van der Waals surface area contributed by atoms with Crippen molar-refractivity contribution in [2.24, 2.45) is 5.92 Å². The molecular formula is C14H19FN4O. The van der Waals surface area contributed by atoms with Gasteiger partial charge in [0, 0.05) is 18.3 Å². The third-order valence-electron chi connectivity index (χ3n) is 2.84. The number of rotatable bonds is 6. The molecule has 1 aromatic heterocycles. The van der Waals surface area contributed by atoms with Crippen LogP contribution in [-0.4, -0.2) is 21.9 Å². The lowest BCUT2D eigenvalue weighted by Crippen LogP contribution is -2.13. The molecule has 0 aliphatic carbocycles. The normalized spacial score (nSPS) is 10.8. The zero-order valence-electron chi connectivity index (χ0n) is 11.9. The van der Waals surface area contributed by atoms with Crippen LogP contribution in [0, 0.1) is 11.7 Å². The highest BCUT2D eigenvalue weighted by molar-refractivity contribution is 5.48. The van der Waals surface area contributed by atoms with Crippen molar-refractivity contribution in [3.63, 3.8) is 0 Å². The Bertz CT molecular complexity index is 568. The molecule has 0 bridgehead atoms. The van der Waals surface area contributed by atoms with Gasteiger partial charge in [0.25, 0.3) is 0 Å². The van der Waals surface area contributed by atoms with Gasteiger partial charge in [-0.05, 0) is 18.1 Å². The Morgan fingerprint density at radius 1 is 1.40 bits per heavy atom. The molecule has 108 valence electrons. The van der Waals surface area contributed by atoms with Crippen LogP contribution >= 0.6 is 0 Å². The topological polar surface area (TPSA) is 52.0 Å². The molecule has 0 saturated carbocycles. The molecule has 2 aromatic rings. The molecule has 0 unspecified atom stereocenters. The van der Waals surface area contributed by atoms with E-state index in [0.717, 1.165) is 18.1 Å². The third kappa shape index (κ3) is 3.46. The van der Waals surface area contributed by atoms with Crippen molar-refractivity contribution >= 4 is 5.69 Å². The van der Waals surface area contributed by atoms with Gasteiger partial charge in [-0.2, -0.15) is 5.10 Å². The summed E-state index contributed by atoms with van der Waals surface area (Å²) in [6, 6.07) is 4.67. The van der Waals surface area contributed by atoms with E-state index in [1.54, 1.807) is 18.5 Å². The SMILES string of the molecule is COc1cc(NCc2ncnn2CC(C)C)ccc1F. The first-order valence-corrected chi connectivity index (χ1v) is 6.54. The van der Waals surface area contributed by atoms with Crippen LogP contribution in [0.15, 0.2) is 24.5 Å². The van der Waals surface area contributed by atoms with Crippen molar-refractivity contribution in [3.8, 4) is 5.75 Å². The number of anilines is 1. The minimum atomic E-state index is -0.374. The molecule has 20 heavy (non-hydrogen) atoms. The Morgan fingerprint density at radius 2 is 2.20 bits per heavy atom. The number of ether oxygens (including phenoxy) is 1. The van der Waals surface area contributed by atoms with Gasteiger partial charge in [0.2, 0.25) is 0 Å². The van der Waals surface area contributed by atoms with Crippen molar-refractivity contribution in [3.05, 3.63) is 36.2 Å². The number of methoxy groups -OCH3 is 1. The molecule has 0 aliphatic heterocycles. The maximum Gasteiger partial charge on any atom is 0.165 e. The van der Waals surface area contributed by atoms with Crippen molar-refractivity contribution in [2.75, 3.05) is 12.4 Å². The Balaban J connectivity index is 2.03. The second kappa shape index (κ2) is 6.36. The van der Waals surface area contributed by atoms with E-state index in [4.69, 9.17) is 4.74 Å². The minimum Gasteiger partial charge on any atom is -0.494 e. The predicted molar refractivity (Wildman–Crippen MR) is 75.1 cm³/mol. The van der Waals surface area contributed by atoms with Crippen LogP contribution in [0.4, 0.5) is 10.1 Å². The minimum absolute atomic E-state index is 0.221. The molecule has 5 nitrogen and oxygen atoms in total. The highest BCUT2D eigenvalue weighted by atomic mass is 19.1. The van der Waals surface area contributed by atoms with E-state index in [1.165, 1.54) is 13.2 Å². The fourth-order valence-electron chi connectivity index (χ4n) is 1.87. The molecule has 0 spiro atoms. The number of nitrogens with zero attached hydrogens (tertiary/aromatic N) is 3. The largest absolute Gasteiger partial charge is 0.494 e. The summed E-state index contributed by atoms with van der Waals surface area (Å²) >= 11 is 0. The number of hydrogen-bond donors (Lipinski definition) is 1. The molecule has 0 amide bonds. The number of aromatic nitrogens is 3. The number of benzene rings is 1. The fourth-order valence-corrected chi connectivity index (χ4v) is 1.87. The molecule has 1 N–H and O–H groups in total. The second-order valence-electron chi connectivity index (χ2n) is 4.96. The maximum absolute atomic E-state index is 13.3. The van der Waals surface area contributed by atoms with Gasteiger partial charge in [-0.15, -0.1) is 0 Å². The molecule has 2 rings (SSSR count). The summed E-state index contributed by atoms with van der Waals surface area (Å²) in [5.74, 6) is 1.20. The van der Waals surface area contributed by atoms with Gasteiger partial charge in [0.05, 0.1) is 13.7 Å². The van der Waals surface area contributed by atoms with Crippen LogP contribution in [0.25, 0.3) is 0 Å². The van der Waals surface area contributed by atoms with Crippen LogP contribution in [-0.2, 0) is 13.1 Å². The van der Waals surface area contributed by atoms with Crippen LogP contribution in [0.3, 0.4) is 0 Å². The first-order valence-electron chi connectivity index (χ1n) is 6.54. The zero-order chi connectivity index (χ0) is 14.5. The summed E-state index contributed by atoms with van der Waals surface area (Å²) in [6.07, 6.45) is 1.55. The van der Waals surface area contributed by atoms with Crippen LogP contribution in [0.5, 0.6) is 5.75 Å². The summed E-state index contributed by atoms with van der Waals surface area (Å²) in [6.45, 7) is 5.61. The Morgan fingerprint density at radius 3 is 2.90 bits per heavy atom. The average molecular weight is 278 g/mol. The van der Waals surface area contributed by atoms with Crippen LogP contribution < -0.4 is 10.1 Å². The van der Waals surface area contributed by atoms with Gasteiger partial charge in [0.15, 0.2) is 11.6 Å². The first kappa shape index (κ1) is 14.3. The van der Waals surface area contributed by atoms with Gasteiger partial charge < -0.3 is 10.1 Å². The lowest BCUT2D eigenvalue weighted by molar-refractivity contribution is 0.387. The summed E-state index contributed by atoms with van der Waals surface area (Å²) in [5, 5.41) is 7.39. The van der Waals surface area contributed by atoms with E-state index < -0.39 is 0 Å². The molecule has 0 atom stereocenters. The number of halogens is 1. The van der Waals surface area contributed by atoms with Gasteiger partial charge >= 0.3 is 0 Å². The average Bonchev–Trinajstić information content (AvgIpc) is 2.84. The quantitative estimate of drug-likeness (QED) is 0.882. The summed E-state index contributed by atoms with van der Waals surface area (Å²) in [7, 11) is 1.45. The van der Waals surface area contributed by atoms with Crippen LogP contribution in [0.1, 0.15) is 19.7 Å². The third-order valence-corrected chi connectivity index (χ3v) is 2.84. The van der Waals surface area contributed by atoms with Crippen LogP contribution in [0.2, 0.25) is 0 Å². The Hall–Kier alpha value is -2.11. The van der Waals surface area contributed by atoms with Gasteiger partial charge in [-0.1, -0.05) is 13.8 Å². The lowest BCUT2D eigenvalue weighted by atomic mass is 10.2.